The second-order valence-corrected chi connectivity index (χ2v) is 5.78. The summed E-state index contributed by atoms with van der Waals surface area (Å²) in [5.41, 5.74) is 0.0903. The molecule has 2 heterocycles. The fourth-order valence-corrected chi connectivity index (χ4v) is 3.21. The Morgan fingerprint density at radius 2 is 1.95 bits per heavy atom. The smallest absolute Gasteiger partial charge is 0.340 e. The van der Waals surface area contributed by atoms with Crippen LogP contribution in [0.25, 0.3) is 0 Å². The Morgan fingerprint density at radius 1 is 1.30 bits per heavy atom. The van der Waals surface area contributed by atoms with Crippen LogP contribution in [0.1, 0.15) is 27.6 Å². The van der Waals surface area contributed by atoms with Gasteiger partial charge in [0.15, 0.2) is 0 Å². The van der Waals surface area contributed by atoms with Crippen molar-refractivity contribution in [2.24, 2.45) is 0 Å². The van der Waals surface area contributed by atoms with Gasteiger partial charge < -0.3 is 14.0 Å². The summed E-state index contributed by atoms with van der Waals surface area (Å²) in [7, 11) is -4.14. The Hall–Kier alpha value is -2.29. The fraction of sp³-hybridized carbons (Fsp3) is 0.273. The van der Waals surface area contributed by atoms with Crippen LogP contribution in [0.3, 0.4) is 0 Å². The maximum atomic E-state index is 12.2. The van der Waals surface area contributed by atoms with Gasteiger partial charge in [0.05, 0.1) is 5.69 Å². The largest absolute Gasteiger partial charge is 0.478 e. The highest BCUT2D eigenvalue weighted by Crippen LogP contribution is 2.28. The first kappa shape index (κ1) is 14.1. The average Bonchev–Trinajstić information content (AvgIpc) is 2.81. The normalized spacial score (nSPS) is 11.6. The summed E-state index contributed by atoms with van der Waals surface area (Å²) in [5, 5.41) is 12.6. The zero-order valence-corrected chi connectivity index (χ0v) is 11.7. The number of anilines is 1. The Labute approximate surface area is 114 Å². The fourth-order valence-electron chi connectivity index (χ4n) is 1.83. The highest BCUT2D eigenvalue weighted by atomic mass is 32.2. The first-order valence-electron chi connectivity index (χ1n) is 5.52. The number of hydrogen-bond donors (Lipinski definition) is 2. The SMILES string of the molecule is Cc1cc(NS(=O)(=O)c2c(C)oc(C)c2C(=O)O)on1. The van der Waals surface area contributed by atoms with Crippen LogP contribution in [0, 0.1) is 20.8 Å². The maximum absolute atomic E-state index is 12.2. The van der Waals surface area contributed by atoms with E-state index in [1.54, 1.807) is 6.92 Å². The molecule has 0 bridgehead atoms. The van der Waals surface area contributed by atoms with Crippen molar-refractivity contribution >= 4 is 21.9 Å². The lowest BCUT2D eigenvalue weighted by Crippen LogP contribution is -2.16. The van der Waals surface area contributed by atoms with E-state index in [2.05, 4.69) is 9.88 Å². The lowest BCUT2D eigenvalue weighted by molar-refractivity contribution is 0.0691. The molecule has 0 aromatic carbocycles. The third-order valence-corrected chi connectivity index (χ3v) is 4.05. The van der Waals surface area contributed by atoms with Crippen molar-refractivity contribution in [3.05, 3.63) is 28.8 Å². The van der Waals surface area contributed by atoms with E-state index in [0.29, 0.717) is 5.69 Å². The first-order chi connectivity index (χ1) is 9.22. The number of sulfonamides is 1. The molecule has 2 aromatic heterocycles. The van der Waals surface area contributed by atoms with Crippen molar-refractivity contribution in [3.8, 4) is 0 Å². The molecule has 0 saturated heterocycles. The van der Waals surface area contributed by atoms with Crippen LogP contribution in [0.4, 0.5) is 5.88 Å². The minimum absolute atomic E-state index is 0.0105. The van der Waals surface area contributed by atoms with E-state index < -0.39 is 26.5 Å². The monoisotopic (exact) mass is 300 g/mol. The van der Waals surface area contributed by atoms with Gasteiger partial charge in [-0.2, -0.15) is 0 Å². The molecule has 8 nitrogen and oxygen atoms in total. The minimum atomic E-state index is -4.14. The third kappa shape index (κ3) is 2.39. The van der Waals surface area contributed by atoms with Crippen molar-refractivity contribution in [1.29, 1.82) is 0 Å². The molecule has 0 unspecified atom stereocenters. The van der Waals surface area contributed by atoms with Crippen LogP contribution in [0.5, 0.6) is 0 Å². The number of nitrogens with zero attached hydrogens (tertiary/aromatic N) is 1. The van der Waals surface area contributed by atoms with Crippen LogP contribution in [0.2, 0.25) is 0 Å². The predicted octanol–water partition coefficient (Wildman–Crippen LogP) is 1.69. The third-order valence-electron chi connectivity index (χ3n) is 2.55. The summed E-state index contributed by atoms with van der Waals surface area (Å²) in [5.74, 6) is -1.47. The van der Waals surface area contributed by atoms with Gasteiger partial charge in [-0.15, -0.1) is 0 Å². The number of carbonyl (C=O) groups is 1. The van der Waals surface area contributed by atoms with Crippen LogP contribution >= 0.6 is 0 Å². The predicted molar refractivity (Wildman–Crippen MR) is 67.2 cm³/mol. The molecule has 2 rings (SSSR count). The molecule has 0 radical (unpaired) electrons. The quantitative estimate of drug-likeness (QED) is 0.880. The molecule has 2 N–H and O–H groups in total. The summed E-state index contributed by atoms with van der Waals surface area (Å²) in [6.45, 7) is 4.38. The topological polar surface area (TPSA) is 123 Å². The van der Waals surface area contributed by atoms with Gasteiger partial charge in [0.1, 0.15) is 22.0 Å². The second-order valence-electron chi connectivity index (χ2n) is 4.16. The van der Waals surface area contributed by atoms with Crippen molar-refractivity contribution in [1.82, 2.24) is 5.16 Å². The highest BCUT2D eigenvalue weighted by Gasteiger charge is 2.31. The molecule has 0 spiro atoms. The Kier molecular flexibility index (Phi) is 3.30. The molecule has 108 valence electrons. The van der Waals surface area contributed by atoms with E-state index >= 15 is 0 Å². The number of carboxylic acids is 1. The molecular weight excluding hydrogens is 288 g/mol. The van der Waals surface area contributed by atoms with Gasteiger partial charge in [-0.25, -0.2) is 17.9 Å². The molecule has 2 aromatic rings. The molecule has 0 saturated carbocycles. The van der Waals surface area contributed by atoms with Gasteiger partial charge in [-0.05, 0) is 20.8 Å². The number of nitrogens with one attached hydrogen (secondary N) is 1. The first-order valence-corrected chi connectivity index (χ1v) is 7.00. The van der Waals surface area contributed by atoms with E-state index in [9.17, 15) is 13.2 Å². The number of furan rings is 1. The van der Waals surface area contributed by atoms with Crippen LogP contribution in [-0.2, 0) is 10.0 Å². The van der Waals surface area contributed by atoms with Crippen LogP contribution in [0.15, 0.2) is 19.9 Å². The van der Waals surface area contributed by atoms with E-state index in [1.165, 1.54) is 19.9 Å². The van der Waals surface area contributed by atoms with Gasteiger partial charge in [0.2, 0.25) is 5.88 Å². The van der Waals surface area contributed by atoms with E-state index in [4.69, 9.17) is 14.0 Å². The van der Waals surface area contributed by atoms with Gasteiger partial charge >= 0.3 is 5.97 Å². The minimum Gasteiger partial charge on any atom is -0.478 e. The Bertz CT molecular complexity index is 771. The second kappa shape index (κ2) is 4.67. The van der Waals surface area contributed by atoms with Gasteiger partial charge in [-0.3, -0.25) is 0 Å². The Morgan fingerprint density at radius 3 is 2.45 bits per heavy atom. The van der Waals surface area contributed by atoms with Gasteiger partial charge in [-0.1, -0.05) is 5.16 Å². The van der Waals surface area contributed by atoms with Crippen molar-refractivity contribution in [3.63, 3.8) is 0 Å². The number of aryl methyl sites for hydroxylation is 3. The molecule has 0 fully saturated rings. The summed E-state index contributed by atoms with van der Waals surface area (Å²) < 4.78 is 36.5. The van der Waals surface area contributed by atoms with Crippen LogP contribution in [-0.4, -0.2) is 24.7 Å². The molecule has 20 heavy (non-hydrogen) atoms. The van der Waals surface area contributed by atoms with E-state index in [1.807, 2.05) is 0 Å². The van der Waals surface area contributed by atoms with E-state index in [0.717, 1.165) is 0 Å². The lowest BCUT2D eigenvalue weighted by atomic mass is 10.2. The van der Waals surface area contributed by atoms with Crippen molar-refractivity contribution < 1.29 is 27.3 Å². The van der Waals surface area contributed by atoms with Gasteiger partial charge in [0, 0.05) is 6.07 Å². The van der Waals surface area contributed by atoms with Gasteiger partial charge in [0.25, 0.3) is 10.0 Å². The Balaban J connectivity index is 2.52. The number of carboxylic acid groups (broad SMARTS) is 1. The average molecular weight is 300 g/mol. The molecule has 9 heteroatoms. The zero-order chi connectivity index (χ0) is 15.1. The summed E-state index contributed by atoms with van der Waals surface area (Å²) in [6, 6.07) is 1.38. The summed E-state index contributed by atoms with van der Waals surface area (Å²) >= 11 is 0. The van der Waals surface area contributed by atoms with Crippen molar-refractivity contribution in [2.75, 3.05) is 4.72 Å². The highest BCUT2D eigenvalue weighted by molar-refractivity contribution is 7.92. The number of aromatic carboxylic acids is 1. The molecule has 0 aliphatic rings. The lowest BCUT2D eigenvalue weighted by Gasteiger charge is -2.04. The number of aromatic nitrogens is 1. The molecule has 0 aliphatic heterocycles. The standard InChI is InChI=1S/C11H12N2O6S/c1-5-4-8(19-12-5)13-20(16,17)10-7(3)18-6(2)9(10)11(14)15/h4,13H,1-3H3,(H,14,15). The van der Waals surface area contributed by atoms with E-state index in [-0.39, 0.29) is 17.4 Å². The van der Waals surface area contributed by atoms with Crippen molar-refractivity contribution in [2.45, 2.75) is 25.7 Å². The molecule has 0 atom stereocenters. The zero-order valence-electron chi connectivity index (χ0n) is 10.9. The molecule has 0 amide bonds. The molecular formula is C11H12N2O6S. The number of rotatable bonds is 4. The summed E-state index contributed by atoms with van der Waals surface area (Å²) in [6.07, 6.45) is 0. The molecule has 0 aliphatic carbocycles. The van der Waals surface area contributed by atoms with Crippen LogP contribution < -0.4 is 4.72 Å². The summed E-state index contributed by atoms with van der Waals surface area (Å²) in [4.78, 5) is 10.8. The number of hydrogen-bond acceptors (Lipinski definition) is 6. The maximum Gasteiger partial charge on any atom is 0.340 e.